The molecule has 0 spiro atoms. The Hall–Kier alpha value is -6.16. The van der Waals surface area contributed by atoms with Gasteiger partial charge in [-0.1, -0.05) is 158 Å². The molecule has 3 heteroatoms. The number of nitrogens with zero attached hydrogens (tertiary/aromatic N) is 2. The van der Waals surface area contributed by atoms with Crippen molar-refractivity contribution in [2.75, 3.05) is 0 Å². The SMILES string of the molecule is c1ccc(-c2nc3c4ccccc4c4ccc(-c5ccc(-c6cccc7c6sc6ccccc67)cc5)cc4c3nc2-c2ccccc2)cc1. The Morgan fingerprint density at radius 2 is 0.857 bits per heavy atom. The van der Waals surface area contributed by atoms with Crippen LogP contribution in [0, 0.1) is 0 Å². The van der Waals surface area contributed by atoms with Crippen LogP contribution in [0.2, 0.25) is 0 Å². The lowest BCUT2D eigenvalue weighted by molar-refractivity contribution is 1.31. The number of aromatic nitrogens is 2. The van der Waals surface area contributed by atoms with Gasteiger partial charge < -0.3 is 0 Å². The van der Waals surface area contributed by atoms with E-state index in [-0.39, 0.29) is 0 Å². The summed E-state index contributed by atoms with van der Waals surface area (Å²) in [5.74, 6) is 0. The minimum absolute atomic E-state index is 0.890. The first-order valence-corrected chi connectivity index (χ1v) is 17.4. The standard InChI is InChI=1S/C46H28N2S/c1-3-12-31(13-4-1)42-43(32-14-5-2-6-15-32)48-45-40-28-33(26-27-36(40)35-16-7-8-18-38(35)44(45)47-42)29-22-24-30(25-23-29)34-19-11-20-39-37-17-9-10-21-41(37)49-46(34)39/h1-28H. The Bertz CT molecular complexity index is 2850. The van der Waals surface area contributed by atoms with Gasteiger partial charge in [-0.25, -0.2) is 9.97 Å². The van der Waals surface area contributed by atoms with E-state index in [0.29, 0.717) is 0 Å². The molecular weight excluding hydrogens is 613 g/mol. The Balaban J connectivity index is 1.17. The van der Waals surface area contributed by atoms with Gasteiger partial charge >= 0.3 is 0 Å². The van der Waals surface area contributed by atoms with E-state index in [1.54, 1.807) is 0 Å². The maximum absolute atomic E-state index is 5.47. The highest BCUT2D eigenvalue weighted by molar-refractivity contribution is 7.26. The van der Waals surface area contributed by atoms with Crippen LogP contribution in [-0.4, -0.2) is 9.97 Å². The van der Waals surface area contributed by atoms with Crippen molar-refractivity contribution in [2.24, 2.45) is 0 Å². The number of benzene rings is 8. The highest BCUT2D eigenvalue weighted by atomic mass is 32.1. The van der Waals surface area contributed by atoms with Gasteiger partial charge in [0.2, 0.25) is 0 Å². The Morgan fingerprint density at radius 3 is 1.57 bits per heavy atom. The summed E-state index contributed by atoms with van der Waals surface area (Å²) in [6.45, 7) is 0. The molecule has 2 heterocycles. The predicted molar refractivity (Wildman–Crippen MR) is 209 cm³/mol. The first-order chi connectivity index (χ1) is 24.3. The van der Waals surface area contributed by atoms with E-state index >= 15 is 0 Å². The zero-order valence-electron chi connectivity index (χ0n) is 26.5. The molecule has 0 saturated carbocycles. The summed E-state index contributed by atoms with van der Waals surface area (Å²) in [5.41, 5.74) is 10.6. The van der Waals surface area contributed by atoms with E-state index in [1.807, 2.05) is 23.5 Å². The van der Waals surface area contributed by atoms with Gasteiger partial charge in [0.05, 0.1) is 22.4 Å². The quantitative estimate of drug-likeness (QED) is 0.179. The molecule has 10 rings (SSSR count). The van der Waals surface area contributed by atoms with Crippen LogP contribution in [0.25, 0.3) is 97.5 Å². The van der Waals surface area contributed by atoms with Crippen LogP contribution < -0.4 is 0 Å². The fourth-order valence-corrected chi connectivity index (χ4v) is 8.54. The number of fused-ring (bicyclic) bond motifs is 9. The normalized spacial score (nSPS) is 11.7. The second kappa shape index (κ2) is 11.2. The maximum Gasteiger partial charge on any atom is 0.0980 e. The van der Waals surface area contributed by atoms with E-state index in [2.05, 4.69) is 158 Å². The molecule has 0 radical (unpaired) electrons. The third-order valence-corrected chi connectivity index (χ3v) is 10.9. The summed E-state index contributed by atoms with van der Waals surface area (Å²) in [7, 11) is 0. The third kappa shape index (κ3) is 4.55. The Morgan fingerprint density at radius 1 is 0.327 bits per heavy atom. The minimum Gasteiger partial charge on any atom is -0.243 e. The smallest absolute Gasteiger partial charge is 0.0980 e. The van der Waals surface area contributed by atoms with Crippen LogP contribution in [0.3, 0.4) is 0 Å². The summed E-state index contributed by atoms with van der Waals surface area (Å²) < 4.78 is 2.66. The van der Waals surface area contributed by atoms with Crippen LogP contribution in [0.1, 0.15) is 0 Å². The lowest BCUT2D eigenvalue weighted by Gasteiger charge is -2.15. The number of hydrogen-bond acceptors (Lipinski definition) is 3. The molecule has 0 fully saturated rings. The third-order valence-electron chi connectivity index (χ3n) is 9.67. The minimum atomic E-state index is 0.890. The first-order valence-electron chi connectivity index (χ1n) is 16.6. The lowest BCUT2D eigenvalue weighted by Crippen LogP contribution is -1.97. The zero-order chi connectivity index (χ0) is 32.3. The molecule has 0 aliphatic heterocycles. The van der Waals surface area contributed by atoms with E-state index in [4.69, 9.17) is 9.97 Å². The summed E-state index contributed by atoms with van der Waals surface area (Å²) in [6.07, 6.45) is 0. The molecule has 0 aliphatic carbocycles. The van der Waals surface area contributed by atoms with Crippen LogP contribution in [-0.2, 0) is 0 Å². The topological polar surface area (TPSA) is 25.8 Å². The van der Waals surface area contributed by atoms with Gasteiger partial charge in [0, 0.05) is 42.1 Å². The molecule has 228 valence electrons. The maximum atomic E-state index is 5.47. The van der Waals surface area contributed by atoms with E-state index in [1.165, 1.54) is 47.6 Å². The molecule has 2 aromatic heterocycles. The van der Waals surface area contributed by atoms with Crippen molar-refractivity contribution in [3.05, 3.63) is 170 Å². The highest BCUT2D eigenvalue weighted by Gasteiger charge is 2.18. The first kappa shape index (κ1) is 27.9. The van der Waals surface area contributed by atoms with Crippen LogP contribution in [0.4, 0.5) is 0 Å². The predicted octanol–water partition coefficient (Wildman–Crippen LogP) is 13.0. The number of rotatable bonds is 4. The molecule has 0 unspecified atom stereocenters. The van der Waals surface area contributed by atoms with Gasteiger partial charge in [0.1, 0.15) is 0 Å². The molecule has 0 bridgehead atoms. The largest absolute Gasteiger partial charge is 0.243 e. The van der Waals surface area contributed by atoms with Crippen molar-refractivity contribution in [2.45, 2.75) is 0 Å². The summed E-state index contributed by atoms with van der Waals surface area (Å²) >= 11 is 1.87. The molecule has 0 amide bonds. The van der Waals surface area contributed by atoms with Crippen molar-refractivity contribution < 1.29 is 0 Å². The second-order valence-electron chi connectivity index (χ2n) is 12.5. The van der Waals surface area contributed by atoms with Crippen molar-refractivity contribution in [1.29, 1.82) is 0 Å². The number of hydrogen-bond donors (Lipinski definition) is 0. The van der Waals surface area contributed by atoms with Crippen LogP contribution >= 0.6 is 11.3 Å². The fourth-order valence-electron chi connectivity index (χ4n) is 7.30. The van der Waals surface area contributed by atoms with Crippen molar-refractivity contribution in [3.8, 4) is 44.8 Å². The molecule has 2 nitrogen and oxygen atoms in total. The molecule has 8 aromatic carbocycles. The molecule has 0 aliphatic rings. The molecular formula is C46H28N2S. The van der Waals surface area contributed by atoms with Crippen molar-refractivity contribution >= 4 is 64.1 Å². The van der Waals surface area contributed by atoms with Crippen LogP contribution in [0.5, 0.6) is 0 Å². The molecule has 0 saturated heterocycles. The van der Waals surface area contributed by atoms with Gasteiger partial charge in [0.15, 0.2) is 0 Å². The molecule has 10 aromatic rings. The van der Waals surface area contributed by atoms with E-state index in [9.17, 15) is 0 Å². The van der Waals surface area contributed by atoms with Crippen LogP contribution in [0.15, 0.2) is 170 Å². The van der Waals surface area contributed by atoms with Crippen molar-refractivity contribution in [1.82, 2.24) is 9.97 Å². The zero-order valence-corrected chi connectivity index (χ0v) is 27.3. The second-order valence-corrected chi connectivity index (χ2v) is 13.6. The lowest BCUT2D eigenvalue weighted by atomic mass is 9.94. The average Bonchev–Trinajstić information content (AvgIpc) is 3.57. The van der Waals surface area contributed by atoms with Gasteiger partial charge in [-0.3, -0.25) is 0 Å². The van der Waals surface area contributed by atoms with E-state index in [0.717, 1.165) is 49.9 Å². The Labute approximate surface area is 287 Å². The number of thiophene rings is 1. The summed E-state index contributed by atoms with van der Waals surface area (Å²) in [5, 5.41) is 7.23. The summed E-state index contributed by atoms with van der Waals surface area (Å²) in [4.78, 5) is 10.9. The van der Waals surface area contributed by atoms with Gasteiger partial charge in [0.25, 0.3) is 0 Å². The van der Waals surface area contributed by atoms with Gasteiger partial charge in [-0.15, -0.1) is 11.3 Å². The fraction of sp³-hybridized carbons (Fsp3) is 0. The Kier molecular flexibility index (Phi) is 6.39. The van der Waals surface area contributed by atoms with E-state index < -0.39 is 0 Å². The molecule has 0 N–H and O–H groups in total. The molecule has 49 heavy (non-hydrogen) atoms. The van der Waals surface area contributed by atoms with Gasteiger partial charge in [-0.2, -0.15) is 0 Å². The van der Waals surface area contributed by atoms with Crippen molar-refractivity contribution in [3.63, 3.8) is 0 Å². The molecule has 0 atom stereocenters. The highest BCUT2D eigenvalue weighted by Crippen LogP contribution is 2.42. The van der Waals surface area contributed by atoms with Gasteiger partial charge in [-0.05, 0) is 45.2 Å². The monoisotopic (exact) mass is 640 g/mol. The summed E-state index contributed by atoms with van der Waals surface area (Å²) in [6, 6.07) is 60.6. The average molecular weight is 641 g/mol.